The number of rotatable bonds is 5. The van der Waals surface area contributed by atoms with Gasteiger partial charge < -0.3 is 4.79 Å². The van der Waals surface area contributed by atoms with Gasteiger partial charge in [-0.15, -0.1) is 0 Å². The molecule has 0 radical (unpaired) electrons. The van der Waals surface area contributed by atoms with E-state index in [0.29, 0.717) is 11.7 Å². The molecule has 0 amide bonds. The number of carbonyl (C=O) groups excluding carboxylic acids is 1. The number of nitrogens with zero attached hydrogens (tertiary/aromatic N) is 1. The highest BCUT2D eigenvalue weighted by atomic mass is 16.1. The Labute approximate surface area is 116 Å². The average molecular weight is 259 g/mol. The predicted octanol–water partition coefficient (Wildman–Crippen LogP) is 3.54. The van der Waals surface area contributed by atoms with Crippen molar-refractivity contribution in [3.05, 3.63) is 34.9 Å². The van der Waals surface area contributed by atoms with E-state index in [1.54, 1.807) is 6.92 Å². The largest absolute Gasteiger partial charge is 0.300 e. The second kappa shape index (κ2) is 6.33. The van der Waals surface area contributed by atoms with Gasteiger partial charge in [-0.3, -0.25) is 4.90 Å². The highest BCUT2D eigenvalue weighted by Crippen LogP contribution is 2.24. The van der Waals surface area contributed by atoms with Crippen LogP contribution in [0.2, 0.25) is 0 Å². The molecule has 0 aliphatic carbocycles. The van der Waals surface area contributed by atoms with Crippen molar-refractivity contribution in [2.24, 2.45) is 0 Å². The van der Waals surface area contributed by atoms with Crippen LogP contribution in [-0.4, -0.2) is 23.8 Å². The second-order valence-electron chi connectivity index (χ2n) is 6.01. The van der Waals surface area contributed by atoms with Gasteiger partial charge in [0, 0.05) is 19.5 Å². The van der Waals surface area contributed by atoms with E-state index in [1.807, 2.05) is 0 Å². The topological polar surface area (TPSA) is 20.3 Å². The minimum Gasteiger partial charge on any atom is -0.300 e. The fourth-order valence-electron chi connectivity index (χ4n) is 2.73. The summed E-state index contributed by atoms with van der Waals surface area (Å²) in [6.45, 7) is 9.40. The summed E-state index contributed by atoms with van der Waals surface area (Å²) in [7, 11) is 0. The van der Waals surface area contributed by atoms with Crippen LogP contribution < -0.4 is 0 Å². The van der Waals surface area contributed by atoms with Gasteiger partial charge in [0.05, 0.1) is 0 Å². The molecule has 0 N–H and O–H groups in total. The Balaban J connectivity index is 1.94. The lowest BCUT2D eigenvalue weighted by Gasteiger charge is -2.29. The van der Waals surface area contributed by atoms with Crippen molar-refractivity contribution in [2.45, 2.75) is 52.5 Å². The molecule has 1 aliphatic heterocycles. The van der Waals surface area contributed by atoms with Gasteiger partial charge in [0.15, 0.2) is 0 Å². The molecular weight excluding hydrogens is 234 g/mol. The monoisotopic (exact) mass is 259 g/mol. The lowest BCUT2D eigenvalue weighted by Crippen LogP contribution is -2.31. The maximum atomic E-state index is 11.0. The molecule has 0 saturated carbocycles. The average Bonchev–Trinajstić information content (AvgIpc) is 2.37. The molecule has 1 aliphatic rings. The Morgan fingerprint density at radius 3 is 2.79 bits per heavy atom. The molecule has 104 valence electrons. The summed E-state index contributed by atoms with van der Waals surface area (Å²) >= 11 is 0. The third-order valence-corrected chi connectivity index (χ3v) is 3.99. The molecule has 1 aromatic rings. The molecule has 0 fully saturated rings. The van der Waals surface area contributed by atoms with Crippen LogP contribution in [0.1, 0.15) is 56.2 Å². The number of ketones is 1. The summed E-state index contributed by atoms with van der Waals surface area (Å²) in [5.74, 6) is 0.915. The summed E-state index contributed by atoms with van der Waals surface area (Å²) in [5.41, 5.74) is 4.44. The Hall–Kier alpha value is -1.15. The first-order valence-electron chi connectivity index (χ1n) is 7.39. The number of carbonyl (C=O) groups is 1. The molecule has 1 heterocycles. The number of hydrogen-bond donors (Lipinski definition) is 0. The normalized spacial score (nSPS) is 15.6. The van der Waals surface area contributed by atoms with Crippen LogP contribution in [0.25, 0.3) is 0 Å². The molecule has 0 bridgehead atoms. The second-order valence-corrected chi connectivity index (χ2v) is 6.01. The molecule has 0 spiro atoms. The molecule has 0 atom stereocenters. The first-order chi connectivity index (χ1) is 9.06. The van der Waals surface area contributed by atoms with E-state index in [4.69, 9.17) is 0 Å². The molecule has 2 rings (SSSR count). The zero-order chi connectivity index (χ0) is 13.8. The van der Waals surface area contributed by atoms with Crippen LogP contribution in [0, 0.1) is 0 Å². The van der Waals surface area contributed by atoms with Crippen LogP contribution in [0.15, 0.2) is 18.2 Å². The van der Waals surface area contributed by atoms with Gasteiger partial charge in [-0.1, -0.05) is 32.0 Å². The zero-order valence-electron chi connectivity index (χ0n) is 12.4. The molecule has 2 heteroatoms. The minimum absolute atomic E-state index is 0.305. The summed E-state index contributed by atoms with van der Waals surface area (Å²) in [6.07, 6.45) is 2.86. The summed E-state index contributed by atoms with van der Waals surface area (Å²) in [5, 5.41) is 0. The Morgan fingerprint density at radius 2 is 2.11 bits per heavy atom. The fraction of sp³-hybridized carbons (Fsp3) is 0.588. The molecule has 0 aromatic heterocycles. The van der Waals surface area contributed by atoms with Crippen molar-refractivity contribution in [1.29, 1.82) is 0 Å². The van der Waals surface area contributed by atoms with Gasteiger partial charge in [-0.25, -0.2) is 0 Å². The van der Waals surface area contributed by atoms with Crippen molar-refractivity contribution in [3.8, 4) is 0 Å². The standard InChI is InChI=1S/C17H25NO/c1-13(2)15-6-7-17-12-18(9-4-5-14(3)19)10-8-16(17)11-15/h6-7,11,13H,4-5,8-10,12H2,1-3H3. The highest BCUT2D eigenvalue weighted by molar-refractivity contribution is 5.75. The van der Waals surface area contributed by atoms with Crippen LogP contribution in [0.3, 0.4) is 0 Å². The smallest absolute Gasteiger partial charge is 0.129 e. The number of fused-ring (bicyclic) bond motifs is 1. The van der Waals surface area contributed by atoms with Crippen LogP contribution >= 0.6 is 0 Å². The Morgan fingerprint density at radius 1 is 1.32 bits per heavy atom. The van der Waals surface area contributed by atoms with Gasteiger partial charge in [-0.2, -0.15) is 0 Å². The van der Waals surface area contributed by atoms with E-state index in [0.717, 1.165) is 38.9 Å². The molecule has 19 heavy (non-hydrogen) atoms. The third-order valence-electron chi connectivity index (χ3n) is 3.99. The van der Waals surface area contributed by atoms with Crippen molar-refractivity contribution < 1.29 is 4.79 Å². The Bertz CT molecular complexity index is 451. The van der Waals surface area contributed by atoms with Gasteiger partial charge in [0.25, 0.3) is 0 Å². The van der Waals surface area contributed by atoms with E-state index in [9.17, 15) is 4.79 Å². The zero-order valence-corrected chi connectivity index (χ0v) is 12.4. The van der Waals surface area contributed by atoms with E-state index in [-0.39, 0.29) is 0 Å². The third kappa shape index (κ3) is 3.90. The molecule has 0 saturated heterocycles. The molecule has 1 aromatic carbocycles. The van der Waals surface area contributed by atoms with Gasteiger partial charge in [0.1, 0.15) is 5.78 Å². The maximum absolute atomic E-state index is 11.0. The van der Waals surface area contributed by atoms with Crippen molar-refractivity contribution in [2.75, 3.05) is 13.1 Å². The highest BCUT2D eigenvalue weighted by Gasteiger charge is 2.16. The minimum atomic E-state index is 0.305. The number of hydrogen-bond acceptors (Lipinski definition) is 2. The summed E-state index contributed by atoms with van der Waals surface area (Å²) < 4.78 is 0. The molecule has 0 unspecified atom stereocenters. The van der Waals surface area contributed by atoms with Crippen LogP contribution in [-0.2, 0) is 17.8 Å². The first kappa shape index (κ1) is 14.3. The molecule has 2 nitrogen and oxygen atoms in total. The van der Waals surface area contributed by atoms with E-state index in [1.165, 1.54) is 16.7 Å². The lowest BCUT2D eigenvalue weighted by atomic mass is 9.93. The number of benzene rings is 1. The van der Waals surface area contributed by atoms with Crippen LogP contribution in [0.4, 0.5) is 0 Å². The van der Waals surface area contributed by atoms with Gasteiger partial charge >= 0.3 is 0 Å². The quantitative estimate of drug-likeness (QED) is 0.806. The van der Waals surface area contributed by atoms with Crippen molar-refractivity contribution in [1.82, 2.24) is 4.90 Å². The summed E-state index contributed by atoms with van der Waals surface area (Å²) in [4.78, 5) is 13.4. The first-order valence-corrected chi connectivity index (χ1v) is 7.39. The van der Waals surface area contributed by atoms with E-state index in [2.05, 4.69) is 36.9 Å². The SMILES string of the molecule is CC(=O)CCCN1CCc2cc(C(C)C)ccc2C1. The van der Waals surface area contributed by atoms with Crippen molar-refractivity contribution >= 4 is 5.78 Å². The summed E-state index contributed by atoms with van der Waals surface area (Å²) in [6, 6.07) is 6.94. The fourth-order valence-corrected chi connectivity index (χ4v) is 2.73. The van der Waals surface area contributed by atoms with E-state index < -0.39 is 0 Å². The Kier molecular flexibility index (Phi) is 4.76. The van der Waals surface area contributed by atoms with Gasteiger partial charge in [0.2, 0.25) is 0 Å². The van der Waals surface area contributed by atoms with Crippen molar-refractivity contribution in [3.63, 3.8) is 0 Å². The van der Waals surface area contributed by atoms with Crippen LogP contribution in [0.5, 0.6) is 0 Å². The van der Waals surface area contributed by atoms with Gasteiger partial charge in [-0.05, 0) is 48.9 Å². The predicted molar refractivity (Wildman–Crippen MR) is 79.4 cm³/mol. The number of Topliss-reactive ketones (excluding diaryl/α,β-unsaturated/α-hetero) is 1. The molecular formula is C17H25NO. The maximum Gasteiger partial charge on any atom is 0.129 e. The van der Waals surface area contributed by atoms with E-state index >= 15 is 0 Å². The lowest BCUT2D eigenvalue weighted by molar-refractivity contribution is -0.117.